The minimum Gasteiger partial charge on any atom is -0.491 e. The normalized spacial score (nSPS) is 21.3. The van der Waals surface area contributed by atoms with E-state index in [9.17, 15) is 4.39 Å². The molecule has 0 radical (unpaired) electrons. The number of hydrogen-bond donors (Lipinski definition) is 1. The Bertz CT molecular complexity index is 417. The van der Waals surface area contributed by atoms with Gasteiger partial charge in [0.05, 0.1) is 10.0 Å². The SMILES string of the molecule is Cl.NCC1CC1c1cc(Cl)c(Cl)cc1OCCF. The highest BCUT2D eigenvalue weighted by molar-refractivity contribution is 6.42. The number of hydrogen-bond acceptors (Lipinski definition) is 2. The molecule has 18 heavy (non-hydrogen) atoms. The van der Waals surface area contributed by atoms with Crippen molar-refractivity contribution in [3.8, 4) is 5.75 Å². The van der Waals surface area contributed by atoms with Gasteiger partial charge in [-0.15, -0.1) is 12.4 Å². The first-order chi connectivity index (χ1) is 8.17. The Morgan fingerprint density at radius 1 is 1.33 bits per heavy atom. The molecule has 1 aromatic rings. The molecule has 0 amide bonds. The fourth-order valence-electron chi connectivity index (χ4n) is 2.00. The van der Waals surface area contributed by atoms with Crippen LogP contribution >= 0.6 is 35.6 Å². The molecule has 0 spiro atoms. The Kier molecular flexibility index (Phi) is 5.99. The van der Waals surface area contributed by atoms with E-state index in [-0.39, 0.29) is 19.0 Å². The van der Waals surface area contributed by atoms with Crippen molar-refractivity contribution in [2.24, 2.45) is 11.7 Å². The number of halogens is 4. The van der Waals surface area contributed by atoms with E-state index < -0.39 is 6.67 Å². The maximum absolute atomic E-state index is 12.1. The average Bonchev–Trinajstić information content (AvgIpc) is 3.09. The fraction of sp³-hybridized carbons (Fsp3) is 0.500. The summed E-state index contributed by atoms with van der Waals surface area (Å²) in [6, 6.07) is 3.46. The van der Waals surface area contributed by atoms with Crippen molar-refractivity contribution in [2.75, 3.05) is 19.8 Å². The van der Waals surface area contributed by atoms with Crippen LogP contribution in [0.25, 0.3) is 0 Å². The second-order valence-corrected chi connectivity index (χ2v) is 4.99. The zero-order valence-electron chi connectivity index (χ0n) is 9.67. The molecule has 0 aliphatic heterocycles. The molecule has 102 valence electrons. The molecule has 2 rings (SSSR count). The van der Waals surface area contributed by atoms with Gasteiger partial charge in [0.1, 0.15) is 19.0 Å². The summed E-state index contributed by atoms with van der Waals surface area (Å²) in [6.07, 6.45) is 1.03. The molecule has 1 aliphatic rings. The first-order valence-electron chi connectivity index (χ1n) is 5.55. The molecule has 2 N–H and O–H groups in total. The predicted octanol–water partition coefficient (Wildman–Crippen LogP) is 3.83. The van der Waals surface area contributed by atoms with E-state index in [4.69, 9.17) is 33.7 Å². The lowest BCUT2D eigenvalue weighted by Gasteiger charge is -2.12. The van der Waals surface area contributed by atoms with Crippen molar-refractivity contribution in [3.63, 3.8) is 0 Å². The number of ether oxygens (including phenoxy) is 1. The van der Waals surface area contributed by atoms with Crippen LogP contribution in [0, 0.1) is 5.92 Å². The van der Waals surface area contributed by atoms with Crippen molar-refractivity contribution in [3.05, 3.63) is 27.7 Å². The van der Waals surface area contributed by atoms with Crippen LogP contribution in [0.15, 0.2) is 12.1 Å². The van der Waals surface area contributed by atoms with Crippen molar-refractivity contribution in [1.29, 1.82) is 0 Å². The van der Waals surface area contributed by atoms with Crippen LogP contribution in [0.4, 0.5) is 4.39 Å². The van der Waals surface area contributed by atoms with E-state index in [2.05, 4.69) is 0 Å². The zero-order valence-corrected chi connectivity index (χ0v) is 12.0. The molecular weight excluding hydrogens is 299 g/mol. The molecule has 0 heterocycles. The first-order valence-corrected chi connectivity index (χ1v) is 6.30. The summed E-state index contributed by atoms with van der Waals surface area (Å²) in [4.78, 5) is 0. The molecule has 0 aromatic heterocycles. The fourth-order valence-corrected chi connectivity index (χ4v) is 2.32. The monoisotopic (exact) mass is 313 g/mol. The van der Waals surface area contributed by atoms with Gasteiger partial charge in [0.25, 0.3) is 0 Å². The van der Waals surface area contributed by atoms with Gasteiger partial charge in [-0.3, -0.25) is 0 Å². The van der Waals surface area contributed by atoms with Gasteiger partial charge in [0, 0.05) is 6.07 Å². The Hall–Kier alpha value is -0.220. The quantitative estimate of drug-likeness (QED) is 0.896. The lowest BCUT2D eigenvalue weighted by molar-refractivity contribution is 0.271. The summed E-state index contributed by atoms with van der Waals surface area (Å²) >= 11 is 11.9. The number of rotatable bonds is 5. The molecule has 1 aliphatic carbocycles. The Balaban J connectivity index is 0.00000162. The van der Waals surface area contributed by atoms with Crippen LogP contribution in [0.5, 0.6) is 5.75 Å². The summed E-state index contributed by atoms with van der Waals surface area (Å²) in [5.74, 6) is 1.46. The van der Waals surface area contributed by atoms with E-state index in [1.807, 2.05) is 0 Å². The third-order valence-electron chi connectivity index (χ3n) is 3.01. The van der Waals surface area contributed by atoms with Crippen molar-refractivity contribution >= 4 is 35.6 Å². The van der Waals surface area contributed by atoms with Crippen molar-refractivity contribution in [2.45, 2.75) is 12.3 Å². The van der Waals surface area contributed by atoms with Crippen LogP contribution in [0.3, 0.4) is 0 Å². The van der Waals surface area contributed by atoms with Gasteiger partial charge in [-0.2, -0.15) is 0 Å². The molecule has 0 bridgehead atoms. The lowest BCUT2D eigenvalue weighted by Crippen LogP contribution is -2.04. The lowest BCUT2D eigenvalue weighted by atomic mass is 10.1. The summed E-state index contributed by atoms with van der Waals surface area (Å²) in [5, 5.41) is 0.922. The van der Waals surface area contributed by atoms with Gasteiger partial charge >= 0.3 is 0 Å². The Morgan fingerprint density at radius 2 is 2.00 bits per heavy atom. The Labute approximate surface area is 122 Å². The molecule has 2 nitrogen and oxygen atoms in total. The van der Waals surface area contributed by atoms with Crippen LogP contribution in [-0.4, -0.2) is 19.8 Å². The molecule has 0 saturated heterocycles. The highest BCUT2D eigenvalue weighted by atomic mass is 35.5. The van der Waals surface area contributed by atoms with Gasteiger partial charge in [0.15, 0.2) is 0 Å². The molecule has 2 atom stereocenters. The highest BCUT2D eigenvalue weighted by Gasteiger charge is 2.39. The van der Waals surface area contributed by atoms with Crippen LogP contribution in [0.1, 0.15) is 17.9 Å². The number of nitrogens with two attached hydrogens (primary N) is 1. The van der Waals surface area contributed by atoms with E-state index in [0.29, 0.717) is 34.2 Å². The van der Waals surface area contributed by atoms with E-state index in [1.54, 1.807) is 12.1 Å². The van der Waals surface area contributed by atoms with E-state index in [1.165, 1.54) is 0 Å². The van der Waals surface area contributed by atoms with Gasteiger partial charge in [-0.1, -0.05) is 23.2 Å². The molecule has 1 fully saturated rings. The van der Waals surface area contributed by atoms with Crippen LogP contribution in [0.2, 0.25) is 10.0 Å². The van der Waals surface area contributed by atoms with Gasteiger partial charge in [0.2, 0.25) is 0 Å². The van der Waals surface area contributed by atoms with E-state index >= 15 is 0 Å². The molecular formula is C12H15Cl3FNO. The topological polar surface area (TPSA) is 35.2 Å². The summed E-state index contributed by atoms with van der Waals surface area (Å²) in [6.45, 7) is 0.156. The minimum absolute atomic E-state index is 0. The maximum atomic E-state index is 12.1. The molecule has 6 heteroatoms. The van der Waals surface area contributed by atoms with Gasteiger partial charge in [-0.25, -0.2) is 4.39 Å². The van der Waals surface area contributed by atoms with Crippen LogP contribution in [-0.2, 0) is 0 Å². The maximum Gasteiger partial charge on any atom is 0.124 e. The van der Waals surface area contributed by atoms with Crippen molar-refractivity contribution < 1.29 is 9.13 Å². The van der Waals surface area contributed by atoms with Crippen molar-refractivity contribution in [1.82, 2.24) is 0 Å². The standard InChI is InChI=1S/C12H14Cl2FNO.ClH/c13-10-4-9(8-3-7(8)6-16)12(5-11(10)14)17-2-1-15;/h4-5,7-8H,1-3,6,16H2;1H. The smallest absolute Gasteiger partial charge is 0.124 e. The second kappa shape index (κ2) is 6.80. The molecule has 1 saturated carbocycles. The zero-order chi connectivity index (χ0) is 12.4. The third-order valence-corrected chi connectivity index (χ3v) is 3.73. The number of alkyl halides is 1. The predicted molar refractivity (Wildman–Crippen MR) is 75.1 cm³/mol. The van der Waals surface area contributed by atoms with Gasteiger partial charge in [-0.05, 0) is 36.4 Å². The summed E-state index contributed by atoms with van der Waals surface area (Å²) < 4.78 is 17.5. The third kappa shape index (κ3) is 3.41. The highest BCUT2D eigenvalue weighted by Crippen LogP contribution is 2.51. The Morgan fingerprint density at radius 3 is 2.56 bits per heavy atom. The largest absolute Gasteiger partial charge is 0.491 e. The van der Waals surface area contributed by atoms with E-state index in [0.717, 1.165) is 12.0 Å². The molecule has 1 aromatic carbocycles. The number of benzene rings is 1. The summed E-state index contributed by atoms with van der Waals surface area (Å²) in [5.41, 5.74) is 6.61. The van der Waals surface area contributed by atoms with Crippen LogP contribution < -0.4 is 10.5 Å². The first kappa shape index (κ1) is 15.8. The minimum atomic E-state index is -0.523. The average molecular weight is 315 g/mol. The molecule has 2 unspecified atom stereocenters. The van der Waals surface area contributed by atoms with Gasteiger partial charge < -0.3 is 10.5 Å². The summed E-state index contributed by atoms with van der Waals surface area (Å²) in [7, 11) is 0. The second-order valence-electron chi connectivity index (χ2n) is 4.18.